The van der Waals surface area contributed by atoms with Crippen molar-refractivity contribution in [3.05, 3.63) is 81.8 Å². The van der Waals surface area contributed by atoms with Crippen LogP contribution in [0.15, 0.2) is 66.7 Å². The lowest BCUT2D eigenvalue weighted by Crippen LogP contribution is -1.92. The molecule has 0 atom stereocenters. The van der Waals surface area contributed by atoms with Crippen LogP contribution in [0, 0.1) is 0 Å². The quantitative estimate of drug-likeness (QED) is 0.454. The summed E-state index contributed by atoms with van der Waals surface area (Å²) >= 11 is 18.5. The summed E-state index contributed by atoms with van der Waals surface area (Å²) in [4.78, 5) is 0. The molecular weight excluding hydrogens is 355 g/mol. The van der Waals surface area contributed by atoms with Gasteiger partial charge in [0.1, 0.15) is 16.5 Å². The molecule has 0 spiro atoms. The van der Waals surface area contributed by atoms with Crippen molar-refractivity contribution in [3.63, 3.8) is 0 Å². The molecule has 0 saturated carbocycles. The van der Waals surface area contributed by atoms with Crippen molar-refractivity contribution in [2.45, 2.75) is 0 Å². The molecule has 3 aromatic rings. The molecule has 3 aromatic carbocycles. The summed E-state index contributed by atoms with van der Waals surface area (Å²) in [5, 5.41) is 0.719. The van der Waals surface area contributed by atoms with Crippen LogP contribution in [-0.2, 0) is 0 Å². The summed E-state index contributed by atoms with van der Waals surface area (Å²) in [6.07, 6.45) is 0. The van der Waals surface area contributed by atoms with Gasteiger partial charge in [-0.05, 0) is 24.3 Å². The fourth-order valence-corrected chi connectivity index (χ4v) is 2.57. The fourth-order valence-electron chi connectivity index (χ4n) is 1.95. The molecule has 2 nitrogen and oxygen atoms in total. The largest absolute Gasteiger partial charge is 0.453 e. The van der Waals surface area contributed by atoms with E-state index >= 15 is 0 Å². The summed E-state index contributed by atoms with van der Waals surface area (Å²) < 4.78 is 11.7. The van der Waals surface area contributed by atoms with E-state index in [4.69, 9.17) is 44.3 Å². The molecule has 23 heavy (non-hydrogen) atoms. The summed E-state index contributed by atoms with van der Waals surface area (Å²) in [6.45, 7) is 0. The number of hydrogen-bond acceptors (Lipinski definition) is 2. The molecule has 3 rings (SSSR count). The summed E-state index contributed by atoms with van der Waals surface area (Å²) in [6, 6.07) is 20.1. The molecule has 0 aliphatic carbocycles. The SMILES string of the molecule is Clc1cc(Oc2ccccc2)c(Oc2ccccc2)c(Cl)c1Cl. The second-order valence-corrected chi connectivity index (χ2v) is 5.81. The van der Waals surface area contributed by atoms with Gasteiger partial charge in [-0.3, -0.25) is 0 Å². The zero-order chi connectivity index (χ0) is 16.2. The molecule has 0 bridgehead atoms. The molecule has 0 saturated heterocycles. The number of rotatable bonds is 4. The van der Waals surface area contributed by atoms with E-state index in [0.717, 1.165) is 0 Å². The first-order valence-corrected chi connectivity index (χ1v) is 7.92. The van der Waals surface area contributed by atoms with Gasteiger partial charge in [-0.15, -0.1) is 0 Å². The Morgan fingerprint density at radius 3 is 1.70 bits per heavy atom. The van der Waals surface area contributed by atoms with Crippen LogP contribution < -0.4 is 9.47 Å². The first kappa shape index (κ1) is 16.0. The lowest BCUT2D eigenvalue weighted by Gasteiger charge is -2.15. The van der Waals surface area contributed by atoms with Gasteiger partial charge in [0.25, 0.3) is 0 Å². The van der Waals surface area contributed by atoms with Gasteiger partial charge in [0, 0.05) is 6.07 Å². The van der Waals surface area contributed by atoms with Gasteiger partial charge in [0.05, 0.1) is 10.0 Å². The third kappa shape index (κ3) is 3.73. The van der Waals surface area contributed by atoms with E-state index in [1.165, 1.54) is 0 Å². The van der Waals surface area contributed by atoms with Crippen molar-refractivity contribution < 1.29 is 9.47 Å². The third-order valence-corrected chi connectivity index (χ3v) is 4.26. The van der Waals surface area contributed by atoms with Crippen LogP contribution in [0.5, 0.6) is 23.0 Å². The average molecular weight is 366 g/mol. The van der Waals surface area contributed by atoms with Crippen molar-refractivity contribution in [1.29, 1.82) is 0 Å². The Kier molecular flexibility index (Phi) is 4.97. The van der Waals surface area contributed by atoms with Crippen molar-refractivity contribution in [3.8, 4) is 23.0 Å². The van der Waals surface area contributed by atoms with E-state index in [1.54, 1.807) is 6.07 Å². The maximum atomic E-state index is 6.30. The van der Waals surface area contributed by atoms with Gasteiger partial charge in [-0.2, -0.15) is 0 Å². The van der Waals surface area contributed by atoms with Gasteiger partial charge in [-0.1, -0.05) is 71.2 Å². The molecule has 0 aliphatic rings. The van der Waals surface area contributed by atoms with Crippen LogP contribution >= 0.6 is 34.8 Å². The number of para-hydroxylation sites is 2. The van der Waals surface area contributed by atoms with Crippen molar-refractivity contribution in [2.24, 2.45) is 0 Å². The number of hydrogen-bond donors (Lipinski definition) is 0. The summed E-state index contributed by atoms with van der Waals surface area (Å²) in [7, 11) is 0. The molecule has 0 unspecified atom stereocenters. The van der Waals surface area contributed by atoms with E-state index in [1.807, 2.05) is 60.7 Å². The van der Waals surface area contributed by atoms with E-state index in [2.05, 4.69) is 0 Å². The highest BCUT2D eigenvalue weighted by Crippen LogP contribution is 2.47. The van der Waals surface area contributed by atoms with Crippen molar-refractivity contribution >= 4 is 34.8 Å². The van der Waals surface area contributed by atoms with Gasteiger partial charge < -0.3 is 9.47 Å². The maximum absolute atomic E-state index is 6.30. The standard InChI is InChI=1S/C18H11Cl3O2/c19-14-11-15(22-12-7-3-1-4-8-12)18(17(21)16(14)20)23-13-9-5-2-6-10-13/h1-11H. The Hall–Kier alpha value is -1.87. The second-order valence-electron chi connectivity index (χ2n) is 4.64. The number of halogens is 3. The average Bonchev–Trinajstić information content (AvgIpc) is 2.58. The Balaban J connectivity index is 2.03. The smallest absolute Gasteiger partial charge is 0.190 e. The Morgan fingerprint density at radius 1 is 0.609 bits per heavy atom. The molecule has 5 heteroatoms. The van der Waals surface area contributed by atoms with Gasteiger partial charge in [0.15, 0.2) is 11.5 Å². The lowest BCUT2D eigenvalue weighted by molar-refractivity contribution is 0.419. The van der Waals surface area contributed by atoms with Gasteiger partial charge in [-0.25, -0.2) is 0 Å². The van der Waals surface area contributed by atoms with Gasteiger partial charge >= 0.3 is 0 Å². The summed E-state index contributed by atoms with van der Waals surface area (Å²) in [5.74, 6) is 1.96. The maximum Gasteiger partial charge on any atom is 0.190 e. The van der Waals surface area contributed by atoms with Crippen LogP contribution in [0.3, 0.4) is 0 Å². The normalized spacial score (nSPS) is 10.4. The van der Waals surface area contributed by atoms with Crippen LogP contribution in [0.1, 0.15) is 0 Å². The van der Waals surface area contributed by atoms with Gasteiger partial charge in [0.2, 0.25) is 0 Å². The Bertz CT molecular complexity index is 806. The monoisotopic (exact) mass is 364 g/mol. The number of ether oxygens (including phenoxy) is 2. The van der Waals surface area contributed by atoms with E-state index in [0.29, 0.717) is 28.0 Å². The molecular formula is C18H11Cl3O2. The van der Waals surface area contributed by atoms with Crippen molar-refractivity contribution in [2.75, 3.05) is 0 Å². The zero-order valence-electron chi connectivity index (χ0n) is 11.8. The fraction of sp³-hybridized carbons (Fsp3) is 0. The van der Waals surface area contributed by atoms with Crippen LogP contribution in [0.4, 0.5) is 0 Å². The van der Waals surface area contributed by atoms with Crippen LogP contribution in [0.2, 0.25) is 15.1 Å². The minimum Gasteiger partial charge on any atom is -0.453 e. The zero-order valence-corrected chi connectivity index (χ0v) is 14.1. The van der Waals surface area contributed by atoms with Crippen molar-refractivity contribution in [1.82, 2.24) is 0 Å². The minimum absolute atomic E-state index is 0.203. The van der Waals surface area contributed by atoms with E-state index in [9.17, 15) is 0 Å². The first-order valence-electron chi connectivity index (χ1n) is 6.78. The lowest BCUT2D eigenvalue weighted by atomic mass is 10.3. The highest BCUT2D eigenvalue weighted by atomic mass is 35.5. The molecule has 0 aliphatic heterocycles. The minimum atomic E-state index is 0.203. The molecule has 116 valence electrons. The predicted octanol–water partition coefficient (Wildman–Crippen LogP) is 7.23. The van der Waals surface area contributed by atoms with Crippen LogP contribution in [-0.4, -0.2) is 0 Å². The second kappa shape index (κ2) is 7.14. The molecule has 0 radical (unpaired) electrons. The molecule has 0 N–H and O–H groups in total. The topological polar surface area (TPSA) is 18.5 Å². The van der Waals surface area contributed by atoms with Crippen LogP contribution in [0.25, 0.3) is 0 Å². The highest BCUT2D eigenvalue weighted by molar-refractivity contribution is 6.48. The Labute approximate surface area is 149 Å². The Morgan fingerprint density at radius 2 is 1.13 bits per heavy atom. The molecule has 0 aromatic heterocycles. The van der Waals surface area contributed by atoms with E-state index in [-0.39, 0.29) is 10.0 Å². The predicted molar refractivity (Wildman–Crippen MR) is 94.5 cm³/mol. The van der Waals surface area contributed by atoms with E-state index < -0.39 is 0 Å². The highest BCUT2D eigenvalue weighted by Gasteiger charge is 2.19. The molecule has 0 amide bonds. The molecule has 0 fully saturated rings. The third-order valence-electron chi connectivity index (χ3n) is 3.02. The number of benzene rings is 3. The molecule has 0 heterocycles. The first-order chi connectivity index (χ1) is 11.1. The summed E-state index contributed by atoms with van der Waals surface area (Å²) in [5.41, 5.74) is 0.